The highest BCUT2D eigenvalue weighted by molar-refractivity contribution is 5.34. The zero-order chi connectivity index (χ0) is 16.6. The van der Waals surface area contributed by atoms with Crippen molar-refractivity contribution in [1.82, 2.24) is 0 Å². The molecular weight excluding hydrogens is 280 g/mol. The Morgan fingerprint density at radius 3 is 2.48 bits per heavy atom. The summed E-state index contributed by atoms with van der Waals surface area (Å²) in [5.41, 5.74) is 2.22. The summed E-state index contributed by atoms with van der Waals surface area (Å²) < 4.78 is 0. The van der Waals surface area contributed by atoms with Crippen LogP contribution in [0.2, 0.25) is 0 Å². The molecule has 4 aliphatic carbocycles. The zero-order valence-corrected chi connectivity index (χ0v) is 15.9. The van der Waals surface area contributed by atoms with Crippen molar-refractivity contribution in [2.75, 3.05) is 0 Å². The standard InChI is InChI=1S/C22H36O/c1-14-8-10-21(4)15(12-14)6-7-16-17(21)9-11-22(5)18(16)13-20(2,3)19(22)23/h13-17,19,23H,6-12H2,1-5H3/t14-,15-,16+,17-,19+,21-,22-/m0/s1. The van der Waals surface area contributed by atoms with Gasteiger partial charge >= 0.3 is 0 Å². The predicted molar refractivity (Wildman–Crippen MR) is 96.0 cm³/mol. The van der Waals surface area contributed by atoms with Gasteiger partial charge < -0.3 is 5.11 Å². The van der Waals surface area contributed by atoms with Crippen LogP contribution in [0.3, 0.4) is 0 Å². The predicted octanol–water partition coefficient (Wildman–Crippen LogP) is 5.58. The van der Waals surface area contributed by atoms with Crippen LogP contribution >= 0.6 is 0 Å². The van der Waals surface area contributed by atoms with Gasteiger partial charge in [0.1, 0.15) is 0 Å². The normalized spacial score (nSPS) is 54.7. The Labute approximate surface area is 142 Å². The van der Waals surface area contributed by atoms with Crippen molar-refractivity contribution in [1.29, 1.82) is 0 Å². The summed E-state index contributed by atoms with van der Waals surface area (Å²) in [7, 11) is 0. The topological polar surface area (TPSA) is 20.2 Å². The first-order chi connectivity index (χ1) is 10.7. The van der Waals surface area contributed by atoms with Gasteiger partial charge in [0.15, 0.2) is 0 Å². The second kappa shape index (κ2) is 4.87. The molecule has 23 heavy (non-hydrogen) atoms. The Balaban J connectivity index is 1.69. The van der Waals surface area contributed by atoms with Crippen molar-refractivity contribution in [2.24, 2.45) is 39.9 Å². The molecule has 1 N–H and O–H groups in total. The molecule has 4 rings (SSSR count). The number of hydrogen-bond donors (Lipinski definition) is 1. The lowest BCUT2D eigenvalue weighted by Gasteiger charge is -2.59. The van der Waals surface area contributed by atoms with Crippen molar-refractivity contribution in [3.63, 3.8) is 0 Å². The lowest BCUT2D eigenvalue weighted by molar-refractivity contribution is -0.0813. The van der Waals surface area contributed by atoms with Gasteiger partial charge in [0.25, 0.3) is 0 Å². The van der Waals surface area contributed by atoms with Crippen molar-refractivity contribution in [3.8, 4) is 0 Å². The molecule has 0 unspecified atom stereocenters. The Bertz CT molecular complexity index is 532. The summed E-state index contributed by atoms with van der Waals surface area (Å²) in [5, 5.41) is 11.0. The molecule has 0 radical (unpaired) electrons. The summed E-state index contributed by atoms with van der Waals surface area (Å²) in [5.74, 6) is 3.51. The maximum absolute atomic E-state index is 11.0. The number of hydrogen-bond acceptors (Lipinski definition) is 1. The van der Waals surface area contributed by atoms with Gasteiger partial charge in [-0.3, -0.25) is 0 Å². The Kier molecular flexibility index (Phi) is 3.43. The highest BCUT2D eigenvalue weighted by Gasteiger charge is 2.60. The summed E-state index contributed by atoms with van der Waals surface area (Å²) in [6, 6.07) is 0. The van der Waals surface area contributed by atoms with Crippen molar-refractivity contribution in [2.45, 2.75) is 85.7 Å². The number of fused-ring (bicyclic) bond motifs is 5. The minimum atomic E-state index is -0.192. The maximum atomic E-state index is 11.0. The fraction of sp³-hybridized carbons (Fsp3) is 0.909. The van der Waals surface area contributed by atoms with E-state index in [9.17, 15) is 5.11 Å². The highest BCUT2D eigenvalue weighted by Crippen LogP contribution is 2.66. The Morgan fingerprint density at radius 2 is 1.74 bits per heavy atom. The molecule has 0 aromatic rings. The van der Waals surface area contributed by atoms with E-state index in [-0.39, 0.29) is 16.9 Å². The van der Waals surface area contributed by atoms with E-state index in [1.807, 2.05) is 0 Å². The van der Waals surface area contributed by atoms with E-state index in [1.165, 1.54) is 44.9 Å². The summed E-state index contributed by atoms with van der Waals surface area (Å²) in [4.78, 5) is 0. The monoisotopic (exact) mass is 316 g/mol. The second-order valence-corrected chi connectivity index (χ2v) is 10.7. The van der Waals surface area contributed by atoms with Gasteiger partial charge in [-0.1, -0.05) is 52.7 Å². The van der Waals surface area contributed by atoms with Crippen LogP contribution in [0.5, 0.6) is 0 Å². The fourth-order valence-electron chi connectivity index (χ4n) is 7.41. The quantitative estimate of drug-likeness (QED) is 0.578. The molecular formula is C22H36O. The molecule has 1 nitrogen and oxygen atoms in total. The third kappa shape index (κ3) is 2.08. The van der Waals surface area contributed by atoms with Gasteiger partial charge in [0.2, 0.25) is 0 Å². The van der Waals surface area contributed by atoms with Gasteiger partial charge in [-0.15, -0.1) is 0 Å². The second-order valence-electron chi connectivity index (χ2n) is 10.7. The van der Waals surface area contributed by atoms with Crippen LogP contribution in [0.4, 0.5) is 0 Å². The average Bonchev–Trinajstić information content (AvgIpc) is 2.68. The zero-order valence-electron chi connectivity index (χ0n) is 15.9. The fourth-order valence-corrected chi connectivity index (χ4v) is 7.41. The van der Waals surface area contributed by atoms with Gasteiger partial charge in [-0.25, -0.2) is 0 Å². The van der Waals surface area contributed by atoms with Crippen molar-refractivity contribution >= 4 is 0 Å². The van der Waals surface area contributed by atoms with Crippen LogP contribution < -0.4 is 0 Å². The minimum absolute atomic E-state index is 0.0438. The summed E-state index contributed by atoms with van der Waals surface area (Å²) >= 11 is 0. The van der Waals surface area contributed by atoms with E-state index in [1.54, 1.807) is 5.57 Å². The minimum Gasteiger partial charge on any atom is -0.391 e. The summed E-state index contributed by atoms with van der Waals surface area (Å²) in [6.45, 7) is 11.9. The van der Waals surface area contributed by atoms with E-state index in [0.717, 1.165) is 23.7 Å². The van der Waals surface area contributed by atoms with E-state index in [2.05, 4.69) is 40.7 Å². The van der Waals surface area contributed by atoms with Crippen LogP contribution in [0, 0.1) is 39.9 Å². The third-order valence-corrected chi connectivity index (χ3v) is 8.82. The van der Waals surface area contributed by atoms with Crippen molar-refractivity contribution in [3.05, 3.63) is 11.6 Å². The van der Waals surface area contributed by atoms with Crippen LogP contribution in [-0.2, 0) is 0 Å². The van der Waals surface area contributed by atoms with Crippen LogP contribution in [0.25, 0.3) is 0 Å². The molecule has 3 saturated carbocycles. The summed E-state index contributed by atoms with van der Waals surface area (Å²) in [6.07, 6.45) is 12.0. The third-order valence-electron chi connectivity index (χ3n) is 8.82. The molecule has 0 amide bonds. The molecule has 0 heterocycles. The molecule has 0 aliphatic heterocycles. The van der Waals surface area contributed by atoms with Gasteiger partial charge in [-0.2, -0.15) is 0 Å². The molecule has 3 fully saturated rings. The van der Waals surface area contributed by atoms with Crippen molar-refractivity contribution < 1.29 is 5.11 Å². The average molecular weight is 317 g/mol. The van der Waals surface area contributed by atoms with Crippen LogP contribution in [0.1, 0.15) is 79.6 Å². The molecule has 0 aromatic carbocycles. The molecule has 4 aliphatic rings. The van der Waals surface area contributed by atoms with Gasteiger partial charge in [0.05, 0.1) is 6.10 Å². The maximum Gasteiger partial charge on any atom is 0.0716 e. The first kappa shape index (κ1) is 16.2. The first-order valence-electron chi connectivity index (χ1n) is 10.1. The van der Waals surface area contributed by atoms with E-state index in [0.29, 0.717) is 5.41 Å². The Morgan fingerprint density at radius 1 is 1.00 bits per heavy atom. The smallest absolute Gasteiger partial charge is 0.0716 e. The largest absolute Gasteiger partial charge is 0.391 e. The molecule has 130 valence electrons. The van der Waals surface area contributed by atoms with E-state index >= 15 is 0 Å². The highest BCUT2D eigenvalue weighted by atomic mass is 16.3. The van der Waals surface area contributed by atoms with Crippen LogP contribution in [-0.4, -0.2) is 11.2 Å². The number of rotatable bonds is 0. The molecule has 0 spiro atoms. The molecule has 1 heteroatoms. The van der Waals surface area contributed by atoms with Crippen LogP contribution in [0.15, 0.2) is 11.6 Å². The van der Waals surface area contributed by atoms with E-state index in [4.69, 9.17) is 0 Å². The molecule has 0 saturated heterocycles. The number of aliphatic hydroxyl groups is 1. The van der Waals surface area contributed by atoms with E-state index < -0.39 is 0 Å². The molecule has 7 atom stereocenters. The molecule has 0 aromatic heterocycles. The first-order valence-corrected chi connectivity index (χ1v) is 10.1. The SMILES string of the molecule is C[C@H]1CC[C@@]2(C)[C@@H](CC[C@H]3C4=CC(C)(C)[C@@H](O)[C@@]4(C)CC[C@@H]32)C1. The number of aliphatic hydroxyl groups excluding tert-OH is 1. The van der Waals surface area contributed by atoms with Gasteiger partial charge in [0, 0.05) is 10.8 Å². The lowest BCUT2D eigenvalue weighted by Crippen LogP contribution is -2.52. The Hall–Kier alpha value is -0.300. The molecule has 0 bridgehead atoms. The van der Waals surface area contributed by atoms with Gasteiger partial charge in [-0.05, 0) is 67.6 Å². The lowest BCUT2D eigenvalue weighted by atomic mass is 9.46.